The van der Waals surface area contributed by atoms with Crippen molar-refractivity contribution in [2.45, 2.75) is 6.92 Å². The number of carbonyl (C=O) groups excluding carboxylic acids is 5. The predicted octanol–water partition coefficient (Wildman–Crippen LogP) is 1.82. The Hall–Kier alpha value is -2.59. The minimum Gasteiger partial charge on any atom is -0.325 e. The van der Waals surface area contributed by atoms with E-state index in [0.29, 0.717) is 29.2 Å². The van der Waals surface area contributed by atoms with Crippen LogP contribution in [0.15, 0.2) is 34.1 Å². The first-order chi connectivity index (χ1) is 11.8. The van der Waals surface area contributed by atoms with Crippen molar-refractivity contribution in [2.24, 2.45) is 0 Å². The number of nitrogens with one attached hydrogen (secondary N) is 2. The number of rotatable bonds is 3. The summed E-state index contributed by atoms with van der Waals surface area (Å²) in [4.78, 5) is 59.8. The summed E-state index contributed by atoms with van der Waals surface area (Å²) in [5.74, 6) is -2.02. The average Bonchev–Trinajstić information content (AvgIpc) is 3.00. The minimum absolute atomic E-state index is 0.116. The Labute approximate surface area is 150 Å². The van der Waals surface area contributed by atoms with Crippen LogP contribution >= 0.6 is 23.5 Å². The van der Waals surface area contributed by atoms with Crippen molar-refractivity contribution in [3.05, 3.63) is 39.6 Å². The van der Waals surface area contributed by atoms with E-state index in [4.69, 9.17) is 0 Å². The van der Waals surface area contributed by atoms with Crippen LogP contribution in [0.2, 0.25) is 0 Å². The molecule has 2 heterocycles. The van der Waals surface area contributed by atoms with Gasteiger partial charge < -0.3 is 5.32 Å². The molecule has 1 aromatic rings. The summed E-state index contributed by atoms with van der Waals surface area (Å²) in [5, 5.41) is 3.35. The van der Waals surface area contributed by atoms with Gasteiger partial charge in [0, 0.05) is 5.69 Å². The summed E-state index contributed by atoms with van der Waals surface area (Å²) >= 11 is 1.10. The van der Waals surface area contributed by atoms with Gasteiger partial charge in [0.1, 0.15) is 16.4 Å². The van der Waals surface area contributed by atoms with E-state index in [1.165, 1.54) is 0 Å². The molecule has 0 saturated carbocycles. The van der Waals surface area contributed by atoms with E-state index in [1.807, 2.05) is 18.3 Å². The zero-order valence-corrected chi connectivity index (χ0v) is 14.5. The van der Waals surface area contributed by atoms with Crippen LogP contribution in [0.4, 0.5) is 15.3 Å². The van der Waals surface area contributed by atoms with E-state index in [-0.39, 0.29) is 9.81 Å². The third kappa shape index (κ3) is 3.59. The van der Waals surface area contributed by atoms with Crippen LogP contribution in [0.5, 0.6) is 0 Å². The Morgan fingerprint density at radius 3 is 2.56 bits per heavy atom. The third-order valence-corrected chi connectivity index (χ3v) is 5.26. The summed E-state index contributed by atoms with van der Waals surface area (Å²) in [6, 6.07) is 7.07. The van der Waals surface area contributed by atoms with Crippen LogP contribution in [-0.4, -0.2) is 39.6 Å². The number of nitrogens with zero attached hydrogens (tertiary/aromatic N) is 1. The summed E-state index contributed by atoms with van der Waals surface area (Å²) < 4.78 is 0. The molecule has 1 aromatic carbocycles. The molecule has 2 aliphatic rings. The van der Waals surface area contributed by atoms with Gasteiger partial charge in [0.2, 0.25) is 5.91 Å². The van der Waals surface area contributed by atoms with Gasteiger partial charge in [-0.1, -0.05) is 12.1 Å². The van der Waals surface area contributed by atoms with E-state index < -0.39 is 34.7 Å². The number of aryl methyl sites for hydroxylation is 1. The van der Waals surface area contributed by atoms with Crippen LogP contribution in [0, 0.1) is 6.92 Å². The molecule has 128 valence electrons. The normalized spacial score (nSPS) is 20.3. The number of amides is 5. The number of hydrogen-bond acceptors (Lipinski definition) is 7. The molecule has 10 heteroatoms. The second-order valence-electron chi connectivity index (χ2n) is 5.18. The Balaban J connectivity index is 1.73. The standard InChI is InChI=1S/C15H11N3O5S2/c1-7-3-2-4-8(5-7)16-9(19)6-18-13(21)11(25-15(18)23)10-12(20)17-14(22)24-10/h2-5H,6H2,1H3,(H,16,19)(H,17,20,22)/b11-10+. The topological polar surface area (TPSA) is 113 Å². The highest BCUT2D eigenvalue weighted by Crippen LogP contribution is 2.38. The molecular formula is C15H11N3O5S2. The fourth-order valence-electron chi connectivity index (χ4n) is 2.20. The molecule has 0 spiro atoms. The molecule has 0 radical (unpaired) electrons. The maximum atomic E-state index is 12.3. The Bertz CT molecular complexity index is 864. The van der Waals surface area contributed by atoms with Gasteiger partial charge in [-0.05, 0) is 48.1 Å². The second kappa shape index (κ2) is 6.73. The number of hydrogen-bond donors (Lipinski definition) is 2. The largest absolute Gasteiger partial charge is 0.325 e. The van der Waals surface area contributed by atoms with Gasteiger partial charge in [0.15, 0.2) is 0 Å². The quantitative estimate of drug-likeness (QED) is 0.773. The van der Waals surface area contributed by atoms with Gasteiger partial charge >= 0.3 is 0 Å². The van der Waals surface area contributed by atoms with Gasteiger partial charge in [-0.15, -0.1) is 0 Å². The molecule has 5 amide bonds. The fraction of sp³-hybridized carbons (Fsp3) is 0.133. The van der Waals surface area contributed by atoms with E-state index in [1.54, 1.807) is 18.2 Å². The van der Waals surface area contributed by atoms with Gasteiger partial charge in [0.05, 0.1) is 0 Å². The Morgan fingerprint density at radius 1 is 1.16 bits per heavy atom. The molecule has 2 fully saturated rings. The van der Waals surface area contributed by atoms with E-state index >= 15 is 0 Å². The predicted molar refractivity (Wildman–Crippen MR) is 92.7 cm³/mol. The molecule has 3 rings (SSSR count). The molecule has 0 aromatic heterocycles. The van der Waals surface area contributed by atoms with Gasteiger partial charge in [-0.25, -0.2) is 0 Å². The summed E-state index contributed by atoms with van der Waals surface area (Å²) in [5.41, 5.74) is 1.49. The highest BCUT2D eigenvalue weighted by molar-refractivity contribution is 8.22. The summed E-state index contributed by atoms with van der Waals surface area (Å²) in [6.45, 7) is 1.39. The van der Waals surface area contributed by atoms with E-state index in [9.17, 15) is 24.0 Å². The number of thioether (sulfide) groups is 2. The van der Waals surface area contributed by atoms with Gasteiger partial charge in [0.25, 0.3) is 22.3 Å². The third-order valence-electron chi connectivity index (χ3n) is 3.28. The monoisotopic (exact) mass is 377 g/mol. The van der Waals surface area contributed by atoms with Crippen molar-refractivity contribution in [3.63, 3.8) is 0 Å². The SMILES string of the molecule is Cc1cccc(NC(=O)CN2C(=O)S/C(=C3/SC(=O)NC3=O)C2=O)c1. The van der Waals surface area contributed by atoms with Crippen molar-refractivity contribution in [2.75, 3.05) is 11.9 Å². The minimum atomic E-state index is -0.762. The second-order valence-corrected chi connectivity index (χ2v) is 7.12. The number of carbonyl (C=O) groups is 5. The van der Waals surface area contributed by atoms with Crippen molar-refractivity contribution >= 4 is 57.4 Å². The highest BCUT2D eigenvalue weighted by atomic mass is 32.2. The zero-order valence-electron chi connectivity index (χ0n) is 12.8. The highest BCUT2D eigenvalue weighted by Gasteiger charge is 2.42. The molecule has 25 heavy (non-hydrogen) atoms. The number of imide groups is 2. The number of anilines is 1. The lowest BCUT2D eigenvalue weighted by atomic mass is 10.2. The first kappa shape index (κ1) is 17.2. The van der Waals surface area contributed by atoms with Crippen LogP contribution in [-0.2, 0) is 14.4 Å². The average molecular weight is 377 g/mol. The first-order valence-corrected chi connectivity index (χ1v) is 8.66. The van der Waals surface area contributed by atoms with E-state index in [0.717, 1.165) is 10.5 Å². The smallest absolute Gasteiger partial charge is 0.294 e. The Morgan fingerprint density at radius 2 is 1.92 bits per heavy atom. The molecule has 0 unspecified atom stereocenters. The van der Waals surface area contributed by atoms with Gasteiger partial charge in [-0.2, -0.15) is 0 Å². The van der Waals surface area contributed by atoms with Crippen LogP contribution < -0.4 is 10.6 Å². The lowest BCUT2D eigenvalue weighted by Crippen LogP contribution is -2.36. The molecule has 2 saturated heterocycles. The molecule has 2 N–H and O–H groups in total. The maximum absolute atomic E-state index is 12.3. The number of benzene rings is 1. The van der Waals surface area contributed by atoms with Crippen molar-refractivity contribution < 1.29 is 24.0 Å². The molecule has 2 aliphatic heterocycles. The lowest BCUT2D eigenvalue weighted by molar-refractivity contribution is -0.127. The van der Waals surface area contributed by atoms with Gasteiger partial charge in [-0.3, -0.25) is 34.2 Å². The molecular weight excluding hydrogens is 366 g/mol. The van der Waals surface area contributed by atoms with Crippen LogP contribution in [0.3, 0.4) is 0 Å². The van der Waals surface area contributed by atoms with Crippen LogP contribution in [0.1, 0.15) is 5.56 Å². The fourth-order valence-corrected chi connectivity index (χ4v) is 3.92. The lowest BCUT2D eigenvalue weighted by Gasteiger charge is -2.12. The molecule has 8 nitrogen and oxygen atoms in total. The summed E-state index contributed by atoms with van der Waals surface area (Å²) in [6.07, 6.45) is 0. The van der Waals surface area contributed by atoms with Crippen molar-refractivity contribution in [1.29, 1.82) is 0 Å². The maximum Gasteiger partial charge on any atom is 0.294 e. The molecule has 0 aliphatic carbocycles. The van der Waals surface area contributed by atoms with E-state index in [2.05, 4.69) is 5.32 Å². The summed E-state index contributed by atoms with van der Waals surface area (Å²) in [7, 11) is 0. The Kier molecular flexibility index (Phi) is 4.64. The first-order valence-electron chi connectivity index (χ1n) is 7.03. The zero-order chi connectivity index (χ0) is 18.1. The van der Waals surface area contributed by atoms with Crippen molar-refractivity contribution in [3.8, 4) is 0 Å². The molecule has 0 bridgehead atoms. The van der Waals surface area contributed by atoms with Crippen LogP contribution in [0.25, 0.3) is 0 Å². The molecule has 0 atom stereocenters. The van der Waals surface area contributed by atoms with Crippen molar-refractivity contribution in [1.82, 2.24) is 10.2 Å².